The van der Waals surface area contributed by atoms with Crippen LogP contribution < -0.4 is 5.32 Å². The Bertz CT molecular complexity index is 1130. The van der Waals surface area contributed by atoms with E-state index in [0.717, 1.165) is 33.3 Å². The second kappa shape index (κ2) is 7.59. The fraction of sp³-hybridized carbons (Fsp3) is 0.192. The first kappa shape index (κ1) is 19.0. The van der Waals surface area contributed by atoms with Crippen LogP contribution >= 0.6 is 0 Å². The molecule has 1 aromatic heterocycles. The highest BCUT2D eigenvalue weighted by atomic mass is 16.3. The standard InChI is InChI=1S/C26H25NO2/c1-26(2,3)21-11-14-24-23(16-21)20(17-29-24)15-25(28)27-22-12-9-19(10-13-22)18-7-5-4-6-8-18/h4-14,16-17H,15H2,1-3H3,(H,27,28). The Kier molecular flexibility index (Phi) is 4.98. The van der Waals surface area contributed by atoms with Gasteiger partial charge in [0.15, 0.2) is 0 Å². The molecule has 29 heavy (non-hydrogen) atoms. The molecule has 0 saturated carbocycles. The zero-order valence-electron chi connectivity index (χ0n) is 17.0. The maximum Gasteiger partial charge on any atom is 0.228 e. The molecule has 0 radical (unpaired) electrons. The maximum atomic E-state index is 12.6. The van der Waals surface area contributed by atoms with E-state index in [0.29, 0.717) is 0 Å². The van der Waals surface area contributed by atoms with Crippen molar-refractivity contribution in [3.8, 4) is 11.1 Å². The van der Waals surface area contributed by atoms with Gasteiger partial charge in [-0.2, -0.15) is 0 Å². The van der Waals surface area contributed by atoms with E-state index in [1.165, 1.54) is 5.56 Å². The zero-order chi connectivity index (χ0) is 20.4. The fourth-order valence-electron chi connectivity index (χ4n) is 3.44. The van der Waals surface area contributed by atoms with Gasteiger partial charge in [-0.1, -0.05) is 69.3 Å². The number of nitrogens with one attached hydrogen (secondary N) is 1. The number of rotatable bonds is 4. The normalized spacial score (nSPS) is 11.6. The second-order valence-corrected chi connectivity index (χ2v) is 8.39. The van der Waals surface area contributed by atoms with Crippen LogP contribution in [0.2, 0.25) is 0 Å². The lowest BCUT2D eigenvalue weighted by molar-refractivity contribution is -0.115. The van der Waals surface area contributed by atoms with Crippen molar-refractivity contribution in [1.29, 1.82) is 0 Å². The number of benzene rings is 3. The number of carbonyl (C=O) groups excluding carboxylic acids is 1. The third kappa shape index (κ3) is 4.24. The highest BCUT2D eigenvalue weighted by Crippen LogP contribution is 2.29. The molecule has 0 atom stereocenters. The minimum atomic E-state index is -0.0543. The summed E-state index contributed by atoms with van der Waals surface area (Å²) in [6.07, 6.45) is 1.97. The number of amides is 1. The van der Waals surface area contributed by atoms with Crippen LogP contribution in [0, 0.1) is 0 Å². The first-order chi connectivity index (χ1) is 13.9. The van der Waals surface area contributed by atoms with E-state index in [9.17, 15) is 4.79 Å². The fourth-order valence-corrected chi connectivity index (χ4v) is 3.44. The van der Waals surface area contributed by atoms with E-state index < -0.39 is 0 Å². The summed E-state index contributed by atoms with van der Waals surface area (Å²) in [4.78, 5) is 12.6. The second-order valence-electron chi connectivity index (χ2n) is 8.39. The number of fused-ring (bicyclic) bond motifs is 1. The van der Waals surface area contributed by atoms with E-state index in [-0.39, 0.29) is 17.7 Å². The van der Waals surface area contributed by atoms with Gasteiger partial charge in [-0.15, -0.1) is 0 Å². The number of hydrogen-bond acceptors (Lipinski definition) is 2. The van der Waals surface area contributed by atoms with E-state index in [1.807, 2.05) is 48.5 Å². The SMILES string of the molecule is CC(C)(C)c1ccc2occ(CC(=O)Nc3ccc(-c4ccccc4)cc3)c2c1. The summed E-state index contributed by atoms with van der Waals surface area (Å²) < 4.78 is 5.65. The van der Waals surface area contributed by atoms with Gasteiger partial charge in [0.2, 0.25) is 5.91 Å². The molecule has 0 fully saturated rings. The summed E-state index contributed by atoms with van der Waals surface area (Å²) >= 11 is 0. The molecule has 0 aliphatic rings. The van der Waals surface area contributed by atoms with Crippen LogP contribution in [0.1, 0.15) is 31.9 Å². The van der Waals surface area contributed by atoms with Gasteiger partial charge >= 0.3 is 0 Å². The van der Waals surface area contributed by atoms with Crippen LogP contribution in [0.4, 0.5) is 5.69 Å². The molecule has 0 unspecified atom stereocenters. The van der Waals surface area contributed by atoms with Crippen molar-refractivity contribution in [2.24, 2.45) is 0 Å². The topological polar surface area (TPSA) is 42.2 Å². The monoisotopic (exact) mass is 383 g/mol. The average Bonchev–Trinajstić information content (AvgIpc) is 3.10. The molecule has 4 rings (SSSR count). The summed E-state index contributed by atoms with van der Waals surface area (Å²) in [7, 11) is 0. The van der Waals surface area contributed by atoms with E-state index >= 15 is 0 Å². The van der Waals surface area contributed by atoms with Crippen molar-refractivity contribution in [3.05, 3.63) is 90.2 Å². The summed E-state index contributed by atoms with van der Waals surface area (Å²) in [6.45, 7) is 6.54. The van der Waals surface area contributed by atoms with E-state index in [1.54, 1.807) is 6.26 Å². The van der Waals surface area contributed by atoms with Gasteiger partial charge in [0.05, 0.1) is 12.7 Å². The van der Waals surface area contributed by atoms with Gasteiger partial charge in [-0.25, -0.2) is 0 Å². The van der Waals surface area contributed by atoms with Crippen molar-refractivity contribution in [2.45, 2.75) is 32.6 Å². The predicted octanol–water partition coefficient (Wildman–Crippen LogP) is 6.58. The maximum absolute atomic E-state index is 12.6. The third-order valence-electron chi connectivity index (χ3n) is 5.15. The summed E-state index contributed by atoms with van der Waals surface area (Å²) in [5.41, 5.74) is 6.06. The molecule has 1 heterocycles. The molecule has 0 aliphatic carbocycles. The molecule has 1 N–H and O–H groups in total. The summed E-state index contributed by atoms with van der Waals surface area (Å²) in [5, 5.41) is 3.99. The quantitative estimate of drug-likeness (QED) is 0.432. The first-order valence-corrected chi connectivity index (χ1v) is 9.86. The highest BCUT2D eigenvalue weighted by Gasteiger charge is 2.17. The Morgan fingerprint density at radius 3 is 2.28 bits per heavy atom. The Labute approximate surface area is 171 Å². The largest absolute Gasteiger partial charge is 0.464 e. The van der Waals surface area contributed by atoms with Gasteiger partial charge in [-0.3, -0.25) is 4.79 Å². The number of carbonyl (C=O) groups is 1. The molecule has 0 aliphatic heterocycles. The lowest BCUT2D eigenvalue weighted by atomic mass is 9.86. The van der Waals surface area contributed by atoms with E-state index in [2.05, 4.69) is 50.4 Å². The predicted molar refractivity (Wildman–Crippen MR) is 119 cm³/mol. The minimum Gasteiger partial charge on any atom is -0.464 e. The van der Waals surface area contributed by atoms with Crippen molar-refractivity contribution in [2.75, 3.05) is 5.32 Å². The van der Waals surface area contributed by atoms with Crippen LogP contribution in [0.25, 0.3) is 22.1 Å². The number of furan rings is 1. The van der Waals surface area contributed by atoms with Gasteiger partial charge in [0.25, 0.3) is 0 Å². The Morgan fingerprint density at radius 1 is 0.897 bits per heavy atom. The third-order valence-corrected chi connectivity index (χ3v) is 5.15. The summed E-state index contributed by atoms with van der Waals surface area (Å²) in [5.74, 6) is -0.0543. The molecule has 0 bridgehead atoms. The number of anilines is 1. The Hall–Kier alpha value is -3.33. The molecule has 146 valence electrons. The molecule has 0 saturated heterocycles. The van der Waals surface area contributed by atoms with E-state index in [4.69, 9.17) is 4.42 Å². The highest BCUT2D eigenvalue weighted by molar-refractivity contribution is 5.95. The van der Waals surface area contributed by atoms with Crippen molar-refractivity contribution in [3.63, 3.8) is 0 Å². The van der Waals surface area contributed by atoms with Crippen LogP contribution in [-0.4, -0.2) is 5.91 Å². The van der Waals surface area contributed by atoms with Crippen molar-refractivity contribution in [1.82, 2.24) is 0 Å². The van der Waals surface area contributed by atoms with Gasteiger partial charge in [-0.05, 0) is 46.4 Å². The van der Waals surface area contributed by atoms with Gasteiger partial charge < -0.3 is 9.73 Å². The van der Waals surface area contributed by atoms with Crippen LogP contribution in [0.3, 0.4) is 0 Å². The van der Waals surface area contributed by atoms with Gasteiger partial charge in [0, 0.05) is 16.6 Å². The smallest absolute Gasteiger partial charge is 0.228 e. The van der Waals surface area contributed by atoms with Crippen molar-refractivity contribution >= 4 is 22.6 Å². The zero-order valence-corrected chi connectivity index (χ0v) is 17.0. The molecule has 4 aromatic rings. The Balaban J connectivity index is 1.48. The van der Waals surface area contributed by atoms with Crippen LogP contribution in [0.5, 0.6) is 0 Å². The lowest BCUT2D eigenvalue weighted by Crippen LogP contribution is -2.14. The minimum absolute atomic E-state index is 0.0471. The van der Waals surface area contributed by atoms with Crippen LogP contribution in [-0.2, 0) is 16.6 Å². The molecular weight excluding hydrogens is 358 g/mol. The van der Waals surface area contributed by atoms with Crippen molar-refractivity contribution < 1.29 is 9.21 Å². The van der Waals surface area contributed by atoms with Gasteiger partial charge in [0.1, 0.15) is 5.58 Å². The number of hydrogen-bond donors (Lipinski definition) is 1. The average molecular weight is 383 g/mol. The molecule has 3 nitrogen and oxygen atoms in total. The molecule has 1 amide bonds. The van der Waals surface area contributed by atoms with Crippen LogP contribution in [0.15, 0.2) is 83.5 Å². The first-order valence-electron chi connectivity index (χ1n) is 9.86. The molecule has 3 aromatic carbocycles. The molecule has 0 spiro atoms. The lowest BCUT2D eigenvalue weighted by Gasteiger charge is -2.18. The Morgan fingerprint density at radius 2 is 1.59 bits per heavy atom. The molecule has 3 heteroatoms. The summed E-state index contributed by atoms with van der Waals surface area (Å²) in [6, 6.07) is 24.3. The molecular formula is C26H25NO2.